The molecule has 1 N–H and O–H groups in total. The Balaban J connectivity index is 1.76. The summed E-state index contributed by atoms with van der Waals surface area (Å²) in [6.45, 7) is 4.25. The molecule has 1 aliphatic heterocycles. The van der Waals surface area contributed by atoms with Gasteiger partial charge < -0.3 is 10.1 Å². The van der Waals surface area contributed by atoms with Gasteiger partial charge in [0.15, 0.2) is 0 Å². The summed E-state index contributed by atoms with van der Waals surface area (Å²) in [5.74, 6) is 0.374. The number of benzene rings is 2. The number of imide groups is 1. The maximum absolute atomic E-state index is 12.6. The zero-order valence-corrected chi connectivity index (χ0v) is 17.9. The number of ether oxygens (including phenoxy) is 1. The van der Waals surface area contributed by atoms with E-state index in [9.17, 15) is 9.59 Å². The van der Waals surface area contributed by atoms with E-state index in [-0.39, 0.29) is 24.3 Å². The number of carbonyl (C=O) groups is 2. The first-order valence-electron chi connectivity index (χ1n) is 8.92. The van der Waals surface area contributed by atoms with Gasteiger partial charge in [0, 0.05) is 5.02 Å². The van der Waals surface area contributed by atoms with Crippen molar-refractivity contribution in [1.82, 2.24) is 10.2 Å². The van der Waals surface area contributed by atoms with Crippen molar-refractivity contribution in [2.24, 2.45) is 0 Å². The molecule has 2 aromatic rings. The van der Waals surface area contributed by atoms with Crippen LogP contribution in [0.25, 0.3) is 6.08 Å². The summed E-state index contributed by atoms with van der Waals surface area (Å²) in [5, 5.41) is 3.24. The van der Waals surface area contributed by atoms with Gasteiger partial charge in [-0.2, -0.15) is 0 Å². The zero-order valence-electron chi connectivity index (χ0n) is 15.5. The molecule has 0 saturated carbocycles. The standard InChI is InChI=1S/C21H20BrClN2O3/c1-3-13(2)28-19-9-6-15(10-17(19)22)11-18-20(26)25(21(27)24-18)12-14-4-7-16(23)8-5-14/h4-11,13H,3,12H2,1-2H3,(H,24,27)/b18-11-/t13-/m1/s1. The van der Waals surface area contributed by atoms with Crippen LogP contribution in [-0.2, 0) is 11.3 Å². The zero-order chi connectivity index (χ0) is 20.3. The first kappa shape index (κ1) is 20.4. The van der Waals surface area contributed by atoms with Gasteiger partial charge in [0.25, 0.3) is 5.91 Å². The summed E-state index contributed by atoms with van der Waals surface area (Å²) in [5.41, 5.74) is 1.84. The van der Waals surface area contributed by atoms with E-state index in [1.165, 1.54) is 4.90 Å². The molecule has 3 amide bonds. The van der Waals surface area contributed by atoms with Gasteiger partial charge in [-0.1, -0.05) is 36.7 Å². The van der Waals surface area contributed by atoms with Crippen molar-refractivity contribution in [3.63, 3.8) is 0 Å². The molecule has 7 heteroatoms. The molecule has 5 nitrogen and oxygen atoms in total. The van der Waals surface area contributed by atoms with Crippen LogP contribution in [0.2, 0.25) is 5.02 Å². The van der Waals surface area contributed by atoms with Gasteiger partial charge in [-0.15, -0.1) is 0 Å². The molecular weight excluding hydrogens is 444 g/mol. The summed E-state index contributed by atoms with van der Waals surface area (Å²) < 4.78 is 6.62. The third-order valence-electron chi connectivity index (χ3n) is 4.39. The minimum atomic E-state index is -0.443. The third-order valence-corrected chi connectivity index (χ3v) is 5.26. The molecule has 0 spiro atoms. The molecule has 0 unspecified atom stereocenters. The van der Waals surface area contributed by atoms with Crippen molar-refractivity contribution in [1.29, 1.82) is 0 Å². The highest BCUT2D eigenvalue weighted by Crippen LogP contribution is 2.28. The van der Waals surface area contributed by atoms with Crippen LogP contribution in [0, 0.1) is 0 Å². The van der Waals surface area contributed by atoms with Crippen molar-refractivity contribution in [3.8, 4) is 5.75 Å². The van der Waals surface area contributed by atoms with Crippen LogP contribution in [0.3, 0.4) is 0 Å². The lowest BCUT2D eigenvalue weighted by Crippen LogP contribution is -2.30. The van der Waals surface area contributed by atoms with Crippen molar-refractivity contribution in [3.05, 3.63) is 68.8 Å². The molecule has 0 aromatic heterocycles. The Kier molecular flexibility index (Phi) is 6.42. The summed E-state index contributed by atoms with van der Waals surface area (Å²) >= 11 is 9.37. The maximum atomic E-state index is 12.6. The second-order valence-electron chi connectivity index (χ2n) is 6.53. The van der Waals surface area contributed by atoms with Crippen molar-refractivity contribution >= 4 is 45.5 Å². The average molecular weight is 464 g/mol. The van der Waals surface area contributed by atoms with Crippen molar-refractivity contribution < 1.29 is 14.3 Å². The molecule has 28 heavy (non-hydrogen) atoms. The Morgan fingerprint density at radius 2 is 1.93 bits per heavy atom. The topological polar surface area (TPSA) is 58.6 Å². The van der Waals surface area contributed by atoms with E-state index in [1.54, 1.807) is 30.3 Å². The summed E-state index contributed by atoms with van der Waals surface area (Å²) in [6, 6.07) is 12.1. The van der Waals surface area contributed by atoms with E-state index in [0.29, 0.717) is 5.02 Å². The molecular formula is C21H20BrClN2O3. The lowest BCUT2D eigenvalue weighted by molar-refractivity contribution is -0.123. The highest BCUT2D eigenvalue weighted by molar-refractivity contribution is 9.10. The molecule has 1 heterocycles. The Morgan fingerprint density at radius 1 is 1.21 bits per heavy atom. The number of rotatable bonds is 6. The molecule has 3 rings (SSSR count). The predicted molar refractivity (Wildman–Crippen MR) is 113 cm³/mol. The number of hydrogen-bond acceptors (Lipinski definition) is 3. The van der Waals surface area contributed by atoms with Crippen LogP contribution in [0.1, 0.15) is 31.4 Å². The predicted octanol–water partition coefficient (Wildman–Crippen LogP) is 5.37. The number of amides is 3. The van der Waals surface area contributed by atoms with Crippen LogP contribution in [0.5, 0.6) is 5.75 Å². The number of carbonyl (C=O) groups excluding carboxylic acids is 2. The fourth-order valence-electron chi connectivity index (χ4n) is 2.66. The average Bonchev–Trinajstić information content (AvgIpc) is 2.93. The van der Waals surface area contributed by atoms with Gasteiger partial charge >= 0.3 is 6.03 Å². The SMILES string of the molecule is CC[C@@H](C)Oc1ccc(/C=C2\NC(=O)N(Cc3ccc(Cl)cc3)C2=O)cc1Br. The monoisotopic (exact) mass is 462 g/mol. The van der Waals surface area contributed by atoms with Gasteiger partial charge in [-0.05, 0) is 70.7 Å². The van der Waals surface area contributed by atoms with E-state index < -0.39 is 6.03 Å². The van der Waals surface area contributed by atoms with E-state index in [2.05, 4.69) is 28.2 Å². The molecule has 146 valence electrons. The van der Waals surface area contributed by atoms with Crippen LogP contribution in [0.15, 0.2) is 52.6 Å². The van der Waals surface area contributed by atoms with Crippen LogP contribution in [0.4, 0.5) is 4.79 Å². The fourth-order valence-corrected chi connectivity index (χ4v) is 3.27. The summed E-state index contributed by atoms with van der Waals surface area (Å²) in [7, 11) is 0. The van der Waals surface area contributed by atoms with Gasteiger partial charge in [0.2, 0.25) is 0 Å². The minimum absolute atomic E-state index is 0.109. The van der Waals surface area contributed by atoms with Crippen molar-refractivity contribution in [2.75, 3.05) is 0 Å². The third kappa shape index (κ3) is 4.75. The molecule has 0 aliphatic carbocycles. The quantitative estimate of drug-likeness (QED) is 0.463. The number of nitrogens with zero attached hydrogens (tertiary/aromatic N) is 1. The summed E-state index contributed by atoms with van der Waals surface area (Å²) in [6.07, 6.45) is 2.67. The van der Waals surface area contributed by atoms with Gasteiger partial charge in [-0.3, -0.25) is 9.69 Å². The van der Waals surface area contributed by atoms with Crippen LogP contribution < -0.4 is 10.1 Å². The largest absolute Gasteiger partial charge is 0.490 e. The minimum Gasteiger partial charge on any atom is -0.490 e. The molecule has 1 fully saturated rings. The molecule has 1 aliphatic rings. The summed E-state index contributed by atoms with van der Waals surface area (Å²) in [4.78, 5) is 26.0. The number of urea groups is 1. The molecule has 2 aromatic carbocycles. The highest BCUT2D eigenvalue weighted by Gasteiger charge is 2.33. The first-order valence-corrected chi connectivity index (χ1v) is 10.1. The highest BCUT2D eigenvalue weighted by atomic mass is 79.9. The Hall–Kier alpha value is -2.31. The fraction of sp³-hybridized carbons (Fsp3) is 0.238. The molecule has 0 radical (unpaired) electrons. The van der Waals surface area contributed by atoms with Crippen LogP contribution >= 0.6 is 27.5 Å². The second kappa shape index (κ2) is 8.80. The molecule has 1 atom stereocenters. The normalized spacial score (nSPS) is 16.4. The Morgan fingerprint density at radius 3 is 2.57 bits per heavy atom. The van der Waals surface area contributed by atoms with Crippen LogP contribution in [-0.4, -0.2) is 22.9 Å². The number of halogens is 2. The molecule has 1 saturated heterocycles. The van der Waals surface area contributed by atoms with Gasteiger partial charge in [-0.25, -0.2) is 4.79 Å². The van der Waals surface area contributed by atoms with E-state index in [1.807, 2.05) is 25.1 Å². The number of hydrogen-bond donors (Lipinski definition) is 1. The lowest BCUT2D eigenvalue weighted by Gasteiger charge is -2.14. The van der Waals surface area contributed by atoms with E-state index in [4.69, 9.17) is 16.3 Å². The van der Waals surface area contributed by atoms with Crippen molar-refractivity contribution in [2.45, 2.75) is 32.9 Å². The number of nitrogens with one attached hydrogen (secondary N) is 1. The second-order valence-corrected chi connectivity index (χ2v) is 7.82. The smallest absolute Gasteiger partial charge is 0.329 e. The van der Waals surface area contributed by atoms with Gasteiger partial charge in [0.1, 0.15) is 11.4 Å². The Bertz CT molecular complexity index is 928. The van der Waals surface area contributed by atoms with E-state index >= 15 is 0 Å². The Labute approximate surface area is 177 Å². The first-order chi connectivity index (χ1) is 13.4. The van der Waals surface area contributed by atoms with Gasteiger partial charge in [0.05, 0.1) is 17.1 Å². The maximum Gasteiger partial charge on any atom is 0.329 e. The molecule has 0 bridgehead atoms. The van der Waals surface area contributed by atoms with E-state index in [0.717, 1.165) is 27.8 Å². The lowest BCUT2D eigenvalue weighted by atomic mass is 10.1.